The van der Waals surface area contributed by atoms with E-state index in [2.05, 4.69) is 0 Å². The summed E-state index contributed by atoms with van der Waals surface area (Å²) >= 11 is 0. The Balaban J connectivity index is 2.46. The molecule has 0 aliphatic heterocycles. The zero-order chi connectivity index (χ0) is 15.1. The second-order valence-electron chi connectivity index (χ2n) is 4.49. The highest BCUT2D eigenvalue weighted by Gasteiger charge is 2.29. The molecule has 2 aromatic carbocycles. The number of rotatable bonds is 7. The highest BCUT2D eigenvalue weighted by Crippen LogP contribution is 2.57. The summed E-state index contributed by atoms with van der Waals surface area (Å²) in [6.45, 7) is 5.09. The minimum absolute atomic E-state index is 0.0951. The summed E-state index contributed by atoms with van der Waals surface area (Å²) in [5.41, 5.74) is 1.84. The van der Waals surface area contributed by atoms with Gasteiger partial charge in [0.05, 0.1) is 18.9 Å². The average molecular weight is 304 g/mol. The molecule has 21 heavy (non-hydrogen) atoms. The maximum Gasteiger partial charge on any atom is 0.183 e. The molecule has 0 saturated carbocycles. The van der Waals surface area contributed by atoms with Gasteiger partial charge < -0.3 is 14.2 Å². The highest BCUT2D eigenvalue weighted by atomic mass is 31.2. The van der Waals surface area contributed by atoms with E-state index in [9.17, 15) is 5.11 Å². The lowest BCUT2D eigenvalue weighted by Crippen LogP contribution is -2.05. The van der Waals surface area contributed by atoms with Crippen LogP contribution in [0.15, 0.2) is 54.6 Å². The van der Waals surface area contributed by atoms with Crippen LogP contribution >= 0.6 is 8.38 Å². The smallest absolute Gasteiger partial charge is 0.183 e. The van der Waals surface area contributed by atoms with E-state index in [-0.39, 0.29) is 11.4 Å². The van der Waals surface area contributed by atoms with E-state index >= 15 is 0 Å². The van der Waals surface area contributed by atoms with Crippen LogP contribution in [0.5, 0.6) is 5.75 Å². The molecule has 0 radical (unpaired) electrons. The first-order valence-electron chi connectivity index (χ1n) is 7.15. The normalized spacial score (nSPS) is 12.5. The lowest BCUT2D eigenvalue weighted by atomic mass is 10.0. The van der Waals surface area contributed by atoms with Gasteiger partial charge in [0.2, 0.25) is 0 Å². The molecule has 0 heterocycles. The molecule has 0 amide bonds. The van der Waals surface area contributed by atoms with Gasteiger partial charge in [-0.15, -0.1) is 0 Å². The Morgan fingerprint density at radius 3 is 2.05 bits per heavy atom. The molecule has 112 valence electrons. The second kappa shape index (κ2) is 8.14. The van der Waals surface area contributed by atoms with Gasteiger partial charge in [-0.2, -0.15) is 0 Å². The Kier molecular flexibility index (Phi) is 6.19. The average Bonchev–Trinajstić information content (AvgIpc) is 2.51. The SMILES string of the molecule is CCOP(OCC)C(c1ccccc1)c1ccccc1O. The Morgan fingerprint density at radius 1 is 0.905 bits per heavy atom. The predicted molar refractivity (Wildman–Crippen MR) is 86.6 cm³/mol. The van der Waals surface area contributed by atoms with Crippen molar-refractivity contribution < 1.29 is 14.2 Å². The van der Waals surface area contributed by atoms with E-state index in [4.69, 9.17) is 9.05 Å². The molecule has 4 heteroatoms. The lowest BCUT2D eigenvalue weighted by Gasteiger charge is -2.27. The van der Waals surface area contributed by atoms with Gasteiger partial charge in [-0.25, -0.2) is 0 Å². The summed E-state index contributed by atoms with van der Waals surface area (Å²) in [5.74, 6) is 0.276. The first-order valence-corrected chi connectivity index (χ1v) is 8.40. The fourth-order valence-electron chi connectivity index (χ4n) is 2.21. The van der Waals surface area contributed by atoms with Crippen molar-refractivity contribution in [2.45, 2.75) is 19.5 Å². The van der Waals surface area contributed by atoms with Crippen molar-refractivity contribution in [3.8, 4) is 5.75 Å². The summed E-state index contributed by atoms with van der Waals surface area (Å²) in [5, 5.41) is 10.2. The van der Waals surface area contributed by atoms with E-state index in [0.717, 1.165) is 11.1 Å². The van der Waals surface area contributed by atoms with Gasteiger partial charge in [0.15, 0.2) is 8.38 Å². The van der Waals surface area contributed by atoms with Crippen LogP contribution < -0.4 is 0 Å². The third-order valence-corrected chi connectivity index (χ3v) is 5.09. The van der Waals surface area contributed by atoms with Crippen molar-refractivity contribution in [1.82, 2.24) is 0 Å². The topological polar surface area (TPSA) is 38.7 Å². The van der Waals surface area contributed by atoms with Crippen molar-refractivity contribution in [2.24, 2.45) is 0 Å². The number of phenolic OH excluding ortho intramolecular Hbond substituents is 1. The van der Waals surface area contributed by atoms with Crippen molar-refractivity contribution in [2.75, 3.05) is 13.2 Å². The van der Waals surface area contributed by atoms with E-state index in [1.165, 1.54) is 0 Å². The standard InChI is InChI=1S/C17H21O3P/c1-3-19-21(20-4-2)17(14-10-6-5-7-11-14)15-12-8-9-13-16(15)18/h5-13,17-18H,3-4H2,1-2H3. The first-order chi connectivity index (χ1) is 10.3. The molecule has 1 unspecified atom stereocenters. The van der Waals surface area contributed by atoms with Crippen LogP contribution in [0.4, 0.5) is 0 Å². The Hall–Kier alpha value is -1.41. The van der Waals surface area contributed by atoms with Crippen LogP contribution in [0, 0.1) is 0 Å². The molecule has 1 atom stereocenters. The van der Waals surface area contributed by atoms with Gasteiger partial charge in [0.25, 0.3) is 0 Å². The third-order valence-electron chi connectivity index (χ3n) is 3.07. The molecule has 2 aromatic rings. The zero-order valence-corrected chi connectivity index (χ0v) is 13.3. The maximum atomic E-state index is 10.2. The molecule has 0 bridgehead atoms. The van der Waals surface area contributed by atoms with Gasteiger partial charge in [0, 0.05) is 5.56 Å². The van der Waals surface area contributed by atoms with E-state index in [0.29, 0.717) is 13.2 Å². The third kappa shape index (κ3) is 4.04. The van der Waals surface area contributed by atoms with Crippen LogP contribution in [-0.4, -0.2) is 18.3 Å². The first kappa shape index (κ1) is 16.0. The molecular weight excluding hydrogens is 283 g/mol. The number of para-hydroxylation sites is 1. The molecule has 0 fully saturated rings. The fourth-order valence-corrected chi connectivity index (χ4v) is 3.95. The number of phenols is 1. The van der Waals surface area contributed by atoms with E-state index < -0.39 is 8.38 Å². The van der Waals surface area contributed by atoms with Crippen molar-refractivity contribution in [1.29, 1.82) is 0 Å². The van der Waals surface area contributed by atoms with Gasteiger partial charge in [0.1, 0.15) is 5.75 Å². The summed E-state index contributed by atoms with van der Waals surface area (Å²) < 4.78 is 11.7. The molecule has 0 aliphatic rings. The molecular formula is C17H21O3P. The van der Waals surface area contributed by atoms with Gasteiger partial charge in [-0.3, -0.25) is 0 Å². The van der Waals surface area contributed by atoms with E-state index in [1.807, 2.05) is 62.4 Å². The molecule has 0 saturated heterocycles. The van der Waals surface area contributed by atoms with Gasteiger partial charge in [-0.05, 0) is 25.5 Å². The van der Waals surface area contributed by atoms with Crippen molar-refractivity contribution >= 4 is 8.38 Å². The van der Waals surface area contributed by atoms with E-state index in [1.54, 1.807) is 6.07 Å². The van der Waals surface area contributed by atoms with Crippen molar-refractivity contribution in [3.63, 3.8) is 0 Å². The van der Waals surface area contributed by atoms with Gasteiger partial charge >= 0.3 is 0 Å². The number of aromatic hydroxyl groups is 1. The number of benzene rings is 2. The van der Waals surface area contributed by atoms with Crippen LogP contribution in [0.3, 0.4) is 0 Å². The number of hydrogen-bond donors (Lipinski definition) is 1. The monoisotopic (exact) mass is 304 g/mol. The maximum absolute atomic E-state index is 10.2. The van der Waals surface area contributed by atoms with Gasteiger partial charge in [-0.1, -0.05) is 48.5 Å². The summed E-state index contributed by atoms with van der Waals surface area (Å²) in [6, 6.07) is 17.4. The number of hydrogen-bond acceptors (Lipinski definition) is 3. The van der Waals surface area contributed by atoms with Crippen LogP contribution in [0.2, 0.25) is 0 Å². The predicted octanol–water partition coefficient (Wildman–Crippen LogP) is 4.87. The summed E-state index contributed by atoms with van der Waals surface area (Å²) in [6.07, 6.45) is 0. The Morgan fingerprint density at radius 2 is 1.48 bits per heavy atom. The van der Waals surface area contributed by atoms with Crippen LogP contribution in [0.25, 0.3) is 0 Å². The molecule has 3 nitrogen and oxygen atoms in total. The summed E-state index contributed by atoms with van der Waals surface area (Å²) in [7, 11) is -1.15. The fraction of sp³-hybridized carbons (Fsp3) is 0.294. The van der Waals surface area contributed by atoms with Crippen molar-refractivity contribution in [3.05, 3.63) is 65.7 Å². The molecule has 0 aromatic heterocycles. The minimum atomic E-state index is -1.15. The molecule has 0 aliphatic carbocycles. The Labute approximate surface area is 127 Å². The quantitative estimate of drug-likeness (QED) is 0.742. The largest absolute Gasteiger partial charge is 0.508 e. The molecule has 2 rings (SSSR count). The second-order valence-corrected chi connectivity index (χ2v) is 6.10. The lowest BCUT2D eigenvalue weighted by molar-refractivity contribution is 0.264. The summed E-state index contributed by atoms with van der Waals surface area (Å²) in [4.78, 5) is 0. The highest BCUT2D eigenvalue weighted by molar-refractivity contribution is 7.48. The van der Waals surface area contributed by atoms with Crippen LogP contribution in [-0.2, 0) is 9.05 Å². The minimum Gasteiger partial charge on any atom is -0.508 e. The Bertz CT molecular complexity index is 539. The van der Waals surface area contributed by atoms with Crippen LogP contribution in [0.1, 0.15) is 30.6 Å². The zero-order valence-electron chi connectivity index (χ0n) is 12.4. The molecule has 0 spiro atoms. The molecule has 1 N–H and O–H groups in total.